The molecule has 184 valence electrons. The first-order valence-electron chi connectivity index (χ1n) is 11.3. The molecule has 0 aliphatic rings. The fourth-order valence-corrected chi connectivity index (χ4v) is 4.24. The van der Waals surface area contributed by atoms with Crippen LogP contribution in [0.5, 0.6) is 5.75 Å². The highest BCUT2D eigenvalue weighted by atomic mass is 35.5. The third-order valence-corrected chi connectivity index (χ3v) is 6.31. The highest BCUT2D eigenvalue weighted by Crippen LogP contribution is 2.22. The average molecular weight is 513 g/mol. The predicted molar refractivity (Wildman–Crippen MR) is 139 cm³/mol. The van der Waals surface area contributed by atoms with Crippen LogP contribution in [0.4, 0.5) is 0 Å². The molecular formula is C26H29ClN4O3S. The van der Waals surface area contributed by atoms with Crippen molar-refractivity contribution in [1.29, 1.82) is 0 Å². The number of benzene rings is 2. The molecule has 1 heterocycles. The minimum atomic E-state index is -0.729. The number of methoxy groups -OCH3 is 1. The number of hydrogen-bond acceptors (Lipinski definition) is 6. The van der Waals surface area contributed by atoms with E-state index < -0.39 is 11.9 Å². The molecule has 1 atom stereocenters. The summed E-state index contributed by atoms with van der Waals surface area (Å²) in [4.78, 5) is 34.6. The summed E-state index contributed by atoms with van der Waals surface area (Å²) in [5.74, 6) is 0.807. The Morgan fingerprint density at radius 3 is 2.43 bits per heavy atom. The summed E-state index contributed by atoms with van der Waals surface area (Å²) in [5, 5.41) is 6.28. The lowest BCUT2D eigenvalue weighted by atomic mass is 10.0. The Hall–Kier alpha value is -3.10. The first-order chi connectivity index (χ1) is 16.9. The van der Waals surface area contributed by atoms with Crippen molar-refractivity contribution < 1.29 is 14.3 Å². The van der Waals surface area contributed by atoms with Crippen LogP contribution in [0.1, 0.15) is 41.9 Å². The molecule has 0 bridgehead atoms. The van der Waals surface area contributed by atoms with Crippen molar-refractivity contribution in [2.75, 3.05) is 7.11 Å². The number of thioether (sulfide) groups is 1. The van der Waals surface area contributed by atoms with Crippen LogP contribution in [0.3, 0.4) is 0 Å². The third-order valence-electron chi connectivity index (χ3n) is 5.10. The maximum atomic E-state index is 13.0. The van der Waals surface area contributed by atoms with Crippen molar-refractivity contribution in [3.05, 3.63) is 82.6 Å². The molecule has 0 saturated carbocycles. The van der Waals surface area contributed by atoms with Gasteiger partial charge in [-0.05, 0) is 35.6 Å². The van der Waals surface area contributed by atoms with Gasteiger partial charge in [-0.2, -0.15) is 0 Å². The van der Waals surface area contributed by atoms with Gasteiger partial charge in [-0.3, -0.25) is 9.59 Å². The van der Waals surface area contributed by atoms with E-state index in [2.05, 4.69) is 20.6 Å². The van der Waals surface area contributed by atoms with Gasteiger partial charge in [-0.1, -0.05) is 79.7 Å². The lowest BCUT2D eigenvalue weighted by molar-refractivity contribution is -0.123. The van der Waals surface area contributed by atoms with Crippen LogP contribution >= 0.6 is 23.4 Å². The zero-order chi connectivity index (χ0) is 25.2. The summed E-state index contributed by atoms with van der Waals surface area (Å²) in [7, 11) is 1.60. The summed E-state index contributed by atoms with van der Waals surface area (Å²) in [6.07, 6.45) is 1.89. The van der Waals surface area contributed by atoms with E-state index in [4.69, 9.17) is 16.3 Å². The van der Waals surface area contributed by atoms with Crippen LogP contribution in [-0.2, 0) is 17.1 Å². The van der Waals surface area contributed by atoms with Crippen LogP contribution in [0.2, 0.25) is 5.02 Å². The lowest BCUT2D eigenvalue weighted by Gasteiger charge is -2.20. The number of nitrogens with one attached hydrogen (secondary N) is 2. The van der Waals surface area contributed by atoms with E-state index in [0.29, 0.717) is 23.9 Å². The molecule has 0 aliphatic heterocycles. The van der Waals surface area contributed by atoms with Gasteiger partial charge in [-0.15, -0.1) is 0 Å². The van der Waals surface area contributed by atoms with E-state index in [1.165, 1.54) is 18.0 Å². The molecule has 35 heavy (non-hydrogen) atoms. The minimum Gasteiger partial charge on any atom is -0.497 e. The Morgan fingerprint density at radius 2 is 1.77 bits per heavy atom. The number of ether oxygens (including phenoxy) is 1. The quantitative estimate of drug-likeness (QED) is 0.280. The van der Waals surface area contributed by atoms with Crippen LogP contribution in [0, 0.1) is 5.92 Å². The number of rotatable bonds is 11. The van der Waals surface area contributed by atoms with E-state index in [0.717, 1.165) is 16.9 Å². The first-order valence-corrected chi connectivity index (χ1v) is 12.6. The Bertz CT molecular complexity index is 1130. The molecule has 2 aromatic carbocycles. The molecule has 2 N–H and O–H groups in total. The molecule has 0 spiro atoms. The van der Waals surface area contributed by atoms with Gasteiger partial charge >= 0.3 is 0 Å². The normalized spacial score (nSPS) is 11.7. The van der Waals surface area contributed by atoms with Crippen LogP contribution in [0.25, 0.3) is 0 Å². The van der Waals surface area contributed by atoms with Crippen LogP contribution < -0.4 is 15.4 Å². The molecule has 0 fully saturated rings. The predicted octanol–water partition coefficient (Wildman–Crippen LogP) is 4.89. The molecule has 2 amide bonds. The Labute approximate surface area is 215 Å². The number of aromatic nitrogens is 2. The smallest absolute Gasteiger partial charge is 0.272 e. The molecule has 7 nitrogen and oxygen atoms in total. The van der Waals surface area contributed by atoms with Gasteiger partial charge in [0.15, 0.2) is 10.9 Å². The highest BCUT2D eigenvalue weighted by Gasteiger charge is 2.24. The number of nitrogens with zero attached hydrogens (tertiary/aromatic N) is 2. The van der Waals surface area contributed by atoms with Crippen molar-refractivity contribution in [3.8, 4) is 5.75 Å². The van der Waals surface area contributed by atoms with Crippen molar-refractivity contribution in [2.45, 2.75) is 43.8 Å². The first kappa shape index (κ1) is 26.5. The van der Waals surface area contributed by atoms with Gasteiger partial charge in [0.1, 0.15) is 11.8 Å². The fourth-order valence-electron chi connectivity index (χ4n) is 3.29. The fraction of sp³-hybridized carbons (Fsp3) is 0.308. The van der Waals surface area contributed by atoms with E-state index >= 15 is 0 Å². The molecule has 3 rings (SSSR count). The molecule has 1 aromatic heterocycles. The van der Waals surface area contributed by atoms with Gasteiger partial charge in [0.25, 0.3) is 5.91 Å². The number of hydrogen-bond donors (Lipinski definition) is 2. The number of amides is 2. The summed E-state index contributed by atoms with van der Waals surface area (Å²) in [6, 6.07) is 16.6. The van der Waals surface area contributed by atoms with E-state index in [1.54, 1.807) is 7.11 Å². The Morgan fingerprint density at radius 1 is 1.06 bits per heavy atom. The summed E-state index contributed by atoms with van der Waals surface area (Å²) < 4.78 is 5.16. The highest BCUT2D eigenvalue weighted by molar-refractivity contribution is 7.98. The minimum absolute atomic E-state index is 0.0499. The average Bonchev–Trinajstić information content (AvgIpc) is 2.87. The van der Waals surface area contributed by atoms with Crippen molar-refractivity contribution in [3.63, 3.8) is 0 Å². The topological polar surface area (TPSA) is 93.2 Å². The summed E-state index contributed by atoms with van der Waals surface area (Å²) in [5.41, 5.74) is 2.09. The largest absolute Gasteiger partial charge is 0.497 e. The second-order valence-electron chi connectivity index (χ2n) is 8.34. The second-order valence-corrected chi connectivity index (χ2v) is 9.69. The SMILES string of the molecule is COc1ccc(CNC(=O)C(CC(C)C)NC(=O)c2nc(SCc3ccccc3)ncc2Cl)cc1. The van der Waals surface area contributed by atoms with Crippen molar-refractivity contribution >= 4 is 35.2 Å². The zero-order valence-corrected chi connectivity index (χ0v) is 21.5. The van der Waals surface area contributed by atoms with E-state index in [1.807, 2.05) is 68.4 Å². The van der Waals surface area contributed by atoms with Crippen LogP contribution in [0.15, 0.2) is 66.0 Å². The van der Waals surface area contributed by atoms with Gasteiger partial charge in [0.2, 0.25) is 5.91 Å². The maximum absolute atomic E-state index is 13.0. The van der Waals surface area contributed by atoms with Gasteiger partial charge < -0.3 is 15.4 Å². The van der Waals surface area contributed by atoms with Crippen molar-refractivity contribution in [1.82, 2.24) is 20.6 Å². The number of carbonyl (C=O) groups is 2. The van der Waals surface area contributed by atoms with Gasteiger partial charge in [0.05, 0.1) is 18.3 Å². The number of carbonyl (C=O) groups excluding carboxylic acids is 2. The molecule has 0 radical (unpaired) electrons. The standard InChI is InChI=1S/C26H29ClN4O3S/c1-17(2)13-22(24(32)28-14-18-9-11-20(34-3)12-10-18)30-25(33)23-21(27)15-29-26(31-23)35-16-19-7-5-4-6-8-19/h4-12,15,17,22H,13-14,16H2,1-3H3,(H,28,32)(H,30,33). The Balaban J connectivity index is 1.65. The Kier molecular flexibility index (Phi) is 9.93. The summed E-state index contributed by atoms with van der Waals surface area (Å²) >= 11 is 7.65. The third kappa shape index (κ3) is 8.26. The maximum Gasteiger partial charge on any atom is 0.272 e. The molecule has 3 aromatic rings. The van der Waals surface area contributed by atoms with E-state index in [-0.39, 0.29) is 22.5 Å². The lowest BCUT2D eigenvalue weighted by Crippen LogP contribution is -2.47. The van der Waals surface area contributed by atoms with Crippen molar-refractivity contribution in [2.24, 2.45) is 5.92 Å². The second kappa shape index (κ2) is 13.1. The molecule has 1 unspecified atom stereocenters. The molecule has 9 heteroatoms. The van der Waals surface area contributed by atoms with Gasteiger partial charge in [-0.25, -0.2) is 9.97 Å². The molecular weight excluding hydrogens is 484 g/mol. The number of halogens is 1. The molecule has 0 saturated heterocycles. The van der Waals surface area contributed by atoms with E-state index in [9.17, 15) is 9.59 Å². The van der Waals surface area contributed by atoms with Crippen LogP contribution in [-0.4, -0.2) is 34.9 Å². The monoisotopic (exact) mass is 512 g/mol. The zero-order valence-electron chi connectivity index (χ0n) is 20.0. The molecule has 0 aliphatic carbocycles. The van der Waals surface area contributed by atoms with Gasteiger partial charge in [0, 0.05) is 12.3 Å². The summed E-state index contributed by atoms with van der Waals surface area (Å²) in [6.45, 7) is 4.32.